The standard InChI is InChI=1S/C20H16N6O/c1-13-5-3-4-6-17(13)26-19-16(11-22-26)20-23-18(24-25(20)12-21-19)14-7-9-15(27-2)10-8-14/h3-12H,1-2H3. The summed E-state index contributed by atoms with van der Waals surface area (Å²) in [7, 11) is 1.65. The zero-order chi connectivity index (χ0) is 18.4. The van der Waals surface area contributed by atoms with Crippen LogP contribution in [-0.2, 0) is 0 Å². The van der Waals surface area contributed by atoms with E-state index < -0.39 is 0 Å². The Kier molecular flexibility index (Phi) is 3.39. The summed E-state index contributed by atoms with van der Waals surface area (Å²) in [6.45, 7) is 2.06. The summed E-state index contributed by atoms with van der Waals surface area (Å²) in [5, 5.41) is 9.95. The first-order valence-electron chi connectivity index (χ1n) is 8.54. The molecule has 0 spiro atoms. The molecule has 5 rings (SSSR count). The van der Waals surface area contributed by atoms with Gasteiger partial charge in [-0.15, -0.1) is 5.10 Å². The average Bonchev–Trinajstić information content (AvgIpc) is 3.32. The molecule has 0 fully saturated rings. The van der Waals surface area contributed by atoms with Crippen LogP contribution in [0.4, 0.5) is 0 Å². The number of benzene rings is 2. The van der Waals surface area contributed by atoms with E-state index in [1.54, 1.807) is 24.1 Å². The van der Waals surface area contributed by atoms with E-state index in [4.69, 9.17) is 9.72 Å². The summed E-state index contributed by atoms with van der Waals surface area (Å²) in [4.78, 5) is 9.28. The van der Waals surface area contributed by atoms with Crippen molar-refractivity contribution in [2.45, 2.75) is 6.92 Å². The van der Waals surface area contributed by atoms with Gasteiger partial charge in [0.15, 0.2) is 17.1 Å². The number of nitrogens with zero attached hydrogens (tertiary/aromatic N) is 6. The third-order valence-corrected chi connectivity index (χ3v) is 4.60. The maximum atomic E-state index is 5.21. The quantitative estimate of drug-likeness (QED) is 0.495. The molecule has 2 aromatic carbocycles. The second-order valence-electron chi connectivity index (χ2n) is 6.26. The summed E-state index contributed by atoms with van der Waals surface area (Å²) in [5.41, 5.74) is 4.53. The van der Waals surface area contributed by atoms with Crippen LogP contribution in [0.5, 0.6) is 5.75 Å². The molecule has 0 amide bonds. The Balaban J connectivity index is 1.67. The molecule has 0 unspecified atom stereocenters. The summed E-state index contributed by atoms with van der Waals surface area (Å²) >= 11 is 0. The van der Waals surface area contributed by atoms with Crippen LogP contribution < -0.4 is 4.74 Å². The number of aromatic nitrogens is 6. The molecular weight excluding hydrogens is 340 g/mol. The number of fused-ring (bicyclic) bond motifs is 3. The molecule has 3 heterocycles. The lowest BCUT2D eigenvalue weighted by atomic mass is 10.2. The van der Waals surface area contributed by atoms with Crippen LogP contribution in [0.15, 0.2) is 61.1 Å². The van der Waals surface area contributed by atoms with Gasteiger partial charge in [0.05, 0.1) is 24.4 Å². The third-order valence-electron chi connectivity index (χ3n) is 4.60. The summed E-state index contributed by atoms with van der Waals surface area (Å²) in [6.07, 6.45) is 3.46. The highest BCUT2D eigenvalue weighted by molar-refractivity contribution is 5.90. The van der Waals surface area contributed by atoms with Gasteiger partial charge in [-0.3, -0.25) is 0 Å². The molecule has 27 heavy (non-hydrogen) atoms. The number of ether oxygens (including phenoxy) is 1. The Bertz CT molecular complexity index is 1270. The molecule has 5 aromatic rings. The summed E-state index contributed by atoms with van der Waals surface area (Å²) in [5.74, 6) is 1.43. The fraction of sp³-hybridized carbons (Fsp3) is 0.100. The fourth-order valence-electron chi connectivity index (χ4n) is 3.16. The Morgan fingerprint density at radius 1 is 0.963 bits per heavy atom. The van der Waals surface area contributed by atoms with Gasteiger partial charge in [0.2, 0.25) is 0 Å². The van der Waals surface area contributed by atoms with Crippen molar-refractivity contribution in [2.75, 3.05) is 7.11 Å². The first kappa shape index (κ1) is 15.5. The monoisotopic (exact) mass is 356 g/mol. The molecule has 0 N–H and O–H groups in total. The fourth-order valence-corrected chi connectivity index (χ4v) is 3.16. The van der Waals surface area contributed by atoms with Gasteiger partial charge in [0.1, 0.15) is 12.1 Å². The van der Waals surface area contributed by atoms with Gasteiger partial charge in [0, 0.05) is 5.56 Å². The van der Waals surface area contributed by atoms with Crippen molar-refractivity contribution in [3.05, 3.63) is 66.6 Å². The number of methoxy groups -OCH3 is 1. The van der Waals surface area contributed by atoms with Gasteiger partial charge >= 0.3 is 0 Å². The highest BCUT2D eigenvalue weighted by Gasteiger charge is 2.15. The molecule has 0 saturated heterocycles. The van der Waals surface area contributed by atoms with Crippen molar-refractivity contribution < 1.29 is 4.74 Å². The zero-order valence-corrected chi connectivity index (χ0v) is 14.9. The van der Waals surface area contributed by atoms with Gasteiger partial charge in [-0.2, -0.15) is 5.10 Å². The maximum Gasteiger partial charge on any atom is 0.182 e. The lowest BCUT2D eigenvalue weighted by Gasteiger charge is -2.05. The molecule has 0 bridgehead atoms. The normalized spacial score (nSPS) is 11.3. The van der Waals surface area contributed by atoms with E-state index in [9.17, 15) is 0 Å². The first-order chi connectivity index (χ1) is 13.2. The molecule has 7 heteroatoms. The van der Waals surface area contributed by atoms with E-state index in [1.807, 2.05) is 47.1 Å². The van der Waals surface area contributed by atoms with Gasteiger partial charge in [-0.05, 0) is 42.8 Å². The molecule has 0 aliphatic heterocycles. The number of hydrogen-bond donors (Lipinski definition) is 0. The van der Waals surface area contributed by atoms with E-state index in [-0.39, 0.29) is 0 Å². The van der Waals surface area contributed by atoms with Crippen molar-refractivity contribution in [3.8, 4) is 22.8 Å². The number of aryl methyl sites for hydroxylation is 1. The minimum atomic E-state index is 0.635. The molecule has 0 atom stereocenters. The zero-order valence-electron chi connectivity index (χ0n) is 14.9. The molecule has 0 aliphatic rings. The van der Waals surface area contributed by atoms with E-state index in [2.05, 4.69) is 28.2 Å². The second kappa shape index (κ2) is 5.91. The molecule has 0 aliphatic carbocycles. The summed E-state index contributed by atoms with van der Waals surface area (Å²) < 4.78 is 8.73. The Hall–Kier alpha value is -3.74. The topological polar surface area (TPSA) is 70.1 Å². The van der Waals surface area contributed by atoms with Crippen LogP contribution in [0.3, 0.4) is 0 Å². The van der Waals surface area contributed by atoms with Crippen LogP contribution in [0, 0.1) is 6.92 Å². The lowest BCUT2D eigenvalue weighted by molar-refractivity contribution is 0.415. The summed E-state index contributed by atoms with van der Waals surface area (Å²) in [6, 6.07) is 15.8. The predicted octanol–water partition coefficient (Wildman–Crippen LogP) is 3.45. The number of para-hydroxylation sites is 1. The van der Waals surface area contributed by atoms with Crippen molar-refractivity contribution in [1.82, 2.24) is 29.4 Å². The minimum absolute atomic E-state index is 0.635. The van der Waals surface area contributed by atoms with E-state index in [0.29, 0.717) is 5.82 Å². The molecule has 0 saturated carbocycles. The molecule has 0 radical (unpaired) electrons. The smallest absolute Gasteiger partial charge is 0.182 e. The van der Waals surface area contributed by atoms with Crippen molar-refractivity contribution in [2.24, 2.45) is 0 Å². The SMILES string of the molecule is COc1ccc(-c2nc3c4cnn(-c5ccccc5C)c4ncn3n2)cc1. The first-order valence-corrected chi connectivity index (χ1v) is 8.54. The van der Waals surface area contributed by atoms with Crippen molar-refractivity contribution in [3.63, 3.8) is 0 Å². The van der Waals surface area contributed by atoms with Crippen molar-refractivity contribution in [1.29, 1.82) is 0 Å². The molecular formula is C20H16N6O. The van der Waals surface area contributed by atoms with Gasteiger partial charge in [0.25, 0.3) is 0 Å². The predicted molar refractivity (Wildman–Crippen MR) is 102 cm³/mol. The molecule has 7 nitrogen and oxygen atoms in total. The van der Waals surface area contributed by atoms with Crippen LogP contribution >= 0.6 is 0 Å². The average molecular weight is 356 g/mol. The van der Waals surface area contributed by atoms with Gasteiger partial charge in [-0.25, -0.2) is 19.2 Å². The minimum Gasteiger partial charge on any atom is -0.497 e. The van der Waals surface area contributed by atoms with Crippen LogP contribution in [0.1, 0.15) is 5.56 Å². The second-order valence-corrected chi connectivity index (χ2v) is 6.26. The van der Waals surface area contributed by atoms with Gasteiger partial charge in [-0.1, -0.05) is 18.2 Å². The largest absolute Gasteiger partial charge is 0.497 e. The molecule has 132 valence electrons. The lowest BCUT2D eigenvalue weighted by Crippen LogP contribution is -2.00. The van der Waals surface area contributed by atoms with Crippen LogP contribution in [-0.4, -0.2) is 36.5 Å². The maximum absolute atomic E-state index is 5.21. The Labute approximate surface area is 154 Å². The van der Waals surface area contributed by atoms with Gasteiger partial charge < -0.3 is 4.74 Å². The highest BCUT2D eigenvalue weighted by Crippen LogP contribution is 2.24. The Morgan fingerprint density at radius 3 is 2.56 bits per heavy atom. The van der Waals surface area contributed by atoms with Crippen LogP contribution in [0.2, 0.25) is 0 Å². The highest BCUT2D eigenvalue weighted by atomic mass is 16.5. The van der Waals surface area contributed by atoms with Crippen molar-refractivity contribution >= 4 is 16.7 Å². The van der Waals surface area contributed by atoms with E-state index in [1.165, 1.54) is 0 Å². The number of rotatable bonds is 3. The third kappa shape index (κ3) is 2.43. The number of hydrogen-bond acceptors (Lipinski definition) is 5. The van der Waals surface area contributed by atoms with E-state index >= 15 is 0 Å². The van der Waals surface area contributed by atoms with E-state index in [0.717, 1.165) is 39.2 Å². The Morgan fingerprint density at radius 2 is 1.78 bits per heavy atom. The van der Waals surface area contributed by atoms with Crippen LogP contribution in [0.25, 0.3) is 33.8 Å². The molecule has 3 aromatic heterocycles.